The first-order valence-corrected chi connectivity index (χ1v) is 6.78. The van der Waals surface area contributed by atoms with Crippen LogP contribution in [0.3, 0.4) is 0 Å². The molecular formula is C14H25N3. The number of imidazole rings is 1. The molecule has 96 valence electrons. The van der Waals surface area contributed by atoms with Gasteiger partial charge in [-0.3, -0.25) is 0 Å². The van der Waals surface area contributed by atoms with Crippen LogP contribution in [-0.4, -0.2) is 22.6 Å². The van der Waals surface area contributed by atoms with E-state index in [4.69, 9.17) is 0 Å². The normalized spacial score (nSPS) is 22.4. The van der Waals surface area contributed by atoms with Gasteiger partial charge in [0.1, 0.15) is 0 Å². The second-order valence-electron chi connectivity index (χ2n) is 6.38. The second kappa shape index (κ2) is 5.21. The molecule has 17 heavy (non-hydrogen) atoms. The maximum absolute atomic E-state index is 4.35. The smallest absolute Gasteiger partial charge is 0.0951 e. The third-order valence-corrected chi connectivity index (χ3v) is 3.37. The molecule has 0 spiro atoms. The van der Waals surface area contributed by atoms with E-state index < -0.39 is 0 Å². The van der Waals surface area contributed by atoms with Crippen LogP contribution in [0.1, 0.15) is 51.8 Å². The molecular weight excluding hydrogens is 210 g/mol. The van der Waals surface area contributed by atoms with E-state index in [0.717, 1.165) is 13.0 Å². The predicted molar refractivity (Wildman–Crippen MR) is 71.1 cm³/mol. The average molecular weight is 235 g/mol. The van der Waals surface area contributed by atoms with E-state index >= 15 is 0 Å². The highest BCUT2D eigenvalue weighted by atomic mass is 15.1. The van der Waals surface area contributed by atoms with Crippen LogP contribution in [0.25, 0.3) is 0 Å². The van der Waals surface area contributed by atoms with Crippen molar-refractivity contribution in [3.63, 3.8) is 0 Å². The van der Waals surface area contributed by atoms with E-state index in [1.54, 1.807) is 0 Å². The number of nitrogens with one attached hydrogen (secondary N) is 1. The molecule has 3 nitrogen and oxygen atoms in total. The monoisotopic (exact) mass is 235 g/mol. The molecule has 1 atom stereocenters. The number of aromatic nitrogens is 2. The standard InChI is InChI=1S/C14H25N3/c1-14(2,3)8-13-10-16-11-17(13)12-6-4-5-7-15-9-12/h10-12,15H,4-9H2,1-3H3. The number of hydrogen-bond acceptors (Lipinski definition) is 2. The highest BCUT2D eigenvalue weighted by Gasteiger charge is 2.19. The highest BCUT2D eigenvalue weighted by molar-refractivity contribution is 5.03. The molecule has 1 aliphatic rings. The first kappa shape index (κ1) is 12.6. The summed E-state index contributed by atoms with van der Waals surface area (Å²) in [6.45, 7) is 9.12. The molecule has 1 aromatic heterocycles. The minimum Gasteiger partial charge on any atom is -0.330 e. The van der Waals surface area contributed by atoms with Gasteiger partial charge in [-0.1, -0.05) is 27.2 Å². The van der Waals surface area contributed by atoms with Crippen molar-refractivity contribution in [2.75, 3.05) is 13.1 Å². The van der Waals surface area contributed by atoms with E-state index in [1.807, 2.05) is 12.5 Å². The highest BCUT2D eigenvalue weighted by Crippen LogP contribution is 2.24. The Labute approximate surface area is 105 Å². The molecule has 1 saturated heterocycles. The first-order valence-electron chi connectivity index (χ1n) is 6.78. The SMILES string of the molecule is CC(C)(C)Cc1cncn1C1CCCCNC1. The summed E-state index contributed by atoms with van der Waals surface area (Å²) in [5.74, 6) is 0. The summed E-state index contributed by atoms with van der Waals surface area (Å²) < 4.78 is 2.39. The third-order valence-electron chi connectivity index (χ3n) is 3.37. The van der Waals surface area contributed by atoms with Crippen LogP contribution in [0.15, 0.2) is 12.5 Å². The minimum atomic E-state index is 0.329. The fourth-order valence-corrected chi connectivity index (χ4v) is 2.58. The summed E-state index contributed by atoms with van der Waals surface area (Å²) in [5, 5.41) is 3.53. The predicted octanol–water partition coefficient (Wildman–Crippen LogP) is 2.79. The van der Waals surface area contributed by atoms with Crippen LogP contribution >= 0.6 is 0 Å². The topological polar surface area (TPSA) is 29.9 Å². The zero-order chi connectivity index (χ0) is 12.3. The second-order valence-corrected chi connectivity index (χ2v) is 6.38. The van der Waals surface area contributed by atoms with Crippen molar-refractivity contribution in [2.45, 2.75) is 52.5 Å². The van der Waals surface area contributed by atoms with Gasteiger partial charge in [0.2, 0.25) is 0 Å². The Morgan fingerprint density at radius 2 is 2.24 bits per heavy atom. The Balaban J connectivity index is 2.11. The van der Waals surface area contributed by atoms with Crippen molar-refractivity contribution in [3.05, 3.63) is 18.2 Å². The Bertz CT molecular complexity index is 341. The number of rotatable bonds is 2. The van der Waals surface area contributed by atoms with E-state index in [-0.39, 0.29) is 0 Å². The van der Waals surface area contributed by atoms with Crippen LogP contribution in [0.2, 0.25) is 0 Å². The van der Waals surface area contributed by atoms with E-state index in [9.17, 15) is 0 Å². The summed E-state index contributed by atoms with van der Waals surface area (Å²) >= 11 is 0. The molecule has 1 unspecified atom stereocenters. The summed E-state index contributed by atoms with van der Waals surface area (Å²) in [5.41, 5.74) is 1.71. The van der Waals surface area contributed by atoms with Crippen molar-refractivity contribution in [3.8, 4) is 0 Å². The Morgan fingerprint density at radius 3 is 3.00 bits per heavy atom. The average Bonchev–Trinajstić information content (AvgIpc) is 2.52. The van der Waals surface area contributed by atoms with Gasteiger partial charge < -0.3 is 9.88 Å². The van der Waals surface area contributed by atoms with Crippen molar-refractivity contribution >= 4 is 0 Å². The molecule has 2 heterocycles. The summed E-state index contributed by atoms with van der Waals surface area (Å²) in [6, 6.07) is 0.595. The van der Waals surface area contributed by atoms with Crippen LogP contribution in [-0.2, 0) is 6.42 Å². The first-order chi connectivity index (χ1) is 8.06. The molecule has 0 radical (unpaired) electrons. The van der Waals surface area contributed by atoms with Crippen molar-refractivity contribution in [2.24, 2.45) is 5.41 Å². The summed E-state index contributed by atoms with van der Waals surface area (Å²) in [6.07, 6.45) is 9.06. The van der Waals surface area contributed by atoms with Gasteiger partial charge in [-0.25, -0.2) is 4.98 Å². The zero-order valence-corrected chi connectivity index (χ0v) is 11.4. The molecule has 3 heteroatoms. The van der Waals surface area contributed by atoms with E-state index in [0.29, 0.717) is 11.5 Å². The van der Waals surface area contributed by atoms with Gasteiger partial charge in [-0.2, -0.15) is 0 Å². The minimum absolute atomic E-state index is 0.329. The zero-order valence-electron chi connectivity index (χ0n) is 11.4. The number of nitrogens with zero attached hydrogens (tertiary/aromatic N) is 2. The summed E-state index contributed by atoms with van der Waals surface area (Å²) in [4.78, 5) is 4.35. The van der Waals surface area contributed by atoms with Gasteiger partial charge in [0.15, 0.2) is 0 Å². The fraction of sp³-hybridized carbons (Fsp3) is 0.786. The molecule has 2 rings (SSSR count). The Hall–Kier alpha value is -0.830. The molecule has 0 bridgehead atoms. The lowest BCUT2D eigenvalue weighted by Crippen LogP contribution is -2.25. The van der Waals surface area contributed by atoms with Crippen molar-refractivity contribution < 1.29 is 0 Å². The van der Waals surface area contributed by atoms with E-state index in [2.05, 4.69) is 35.6 Å². The fourth-order valence-electron chi connectivity index (χ4n) is 2.58. The van der Waals surface area contributed by atoms with E-state index in [1.165, 1.54) is 31.5 Å². The summed E-state index contributed by atoms with van der Waals surface area (Å²) in [7, 11) is 0. The molecule has 0 aliphatic carbocycles. The third kappa shape index (κ3) is 3.56. The molecule has 1 N–H and O–H groups in total. The molecule has 0 aromatic carbocycles. The molecule has 1 aromatic rings. The van der Waals surface area contributed by atoms with Crippen LogP contribution < -0.4 is 5.32 Å². The molecule has 1 fully saturated rings. The largest absolute Gasteiger partial charge is 0.330 e. The lowest BCUT2D eigenvalue weighted by molar-refractivity contribution is 0.377. The van der Waals surface area contributed by atoms with Gasteiger partial charge in [0.25, 0.3) is 0 Å². The van der Waals surface area contributed by atoms with Gasteiger partial charge in [0, 0.05) is 24.5 Å². The Kier molecular flexibility index (Phi) is 3.87. The van der Waals surface area contributed by atoms with Crippen molar-refractivity contribution in [1.29, 1.82) is 0 Å². The molecule has 0 amide bonds. The van der Waals surface area contributed by atoms with Crippen molar-refractivity contribution in [1.82, 2.24) is 14.9 Å². The van der Waals surface area contributed by atoms with Gasteiger partial charge in [-0.15, -0.1) is 0 Å². The lowest BCUT2D eigenvalue weighted by Gasteiger charge is -2.23. The van der Waals surface area contributed by atoms with Crippen LogP contribution in [0, 0.1) is 5.41 Å². The number of hydrogen-bond donors (Lipinski definition) is 1. The van der Waals surface area contributed by atoms with Crippen LogP contribution in [0.5, 0.6) is 0 Å². The van der Waals surface area contributed by atoms with Gasteiger partial charge in [0.05, 0.1) is 6.33 Å². The quantitative estimate of drug-likeness (QED) is 0.854. The maximum atomic E-state index is 4.35. The molecule has 0 saturated carbocycles. The maximum Gasteiger partial charge on any atom is 0.0951 e. The van der Waals surface area contributed by atoms with Gasteiger partial charge >= 0.3 is 0 Å². The molecule has 1 aliphatic heterocycles. The lowest BCUT2D eigenvalue weighted by atomic mass is 9.90. The van der Waals surface area contributed by atoms with Gasteiger partial charge in [-0.05, 0) is 31.2 Å². The Morgan fingerprint density at radius 1 is 1.41 bits per heavy atom. The van der Waals surface area contributed by atoms with Crippen LogP contribution in [0.4, 0.5) is 0 Å².